The summed E-state index contributed by atoms with van der Waals surface area (Å²) in [5.74, 6) is -1.82. The number of hydrogen-bond acceptors (Lipinski definition) is 7. The second-order valence-corrected chi connectivity index (χ2v) is 15.9. The third-order valence-corrected chi connectivity index (χ3v) is 9.47. The van der Waals surface area contributed by atoms with Crippen molar-refractivity contribution in [2.75, 3.05) is 41.0 Å². The molecule has 0 aromatic rings. The van der Waals surface area contributed by atoms with Crippen molar-refractivity contribution in [3.8, 4) is 0 Å². The number of carboxylic acids is 1. The number of quaternary nitrogens is 1. The summed E-state index contributed by atoms with van der Waals surface area (Å²) in [6, 6.07) is -0.741. The largest absolute Gasteiger partial charge is 0.544 e. The van der Waals surface area contributed by atoms with Crippen LogP contribution < -0.4 is 5.11 Å². The first-order valence-electron chi connectivity index (χ1n) is 22.8. The Morgan fingerprint density at radius 1 is 0.508 bits per heavy atom. The molecular formula is C51H83NO7. The first kappa shape index (κ1) is 55.2. The Kier molecular flexibility index (Phi) is 38.4. The van der Waals surface area contributed by atoms with Crippen molar-refractivity contribution in [1.29, 1.82) is 0 Å². The summed E-state index contributed by atoms with van der Waals surface area (Å²) >= 11 is 0. The minimum atomic E-state index is -1.14. The number of unbranched alkanes of at least 4 members (excludes halogenated alkanes) is 9. The van der Waals surface area contributed by atoms with Crippen molar-refractivity contribution in [3.63, 3.8) is 0 Å². The Morgan fingerprint density at radius 3 is 1.36 bits per heavy atom. The van der Waals surface area contributed by atoms with Crippen LogP contribution in [0.1, 0.15) is 155 Å². The number of hydrogen-bond donors (Lipinski definition) is 0. The van der Waals surface area contributed by atoms with E-state index in [-0.39, 0.29) is 49.1 Å². The van der Waals surface area contributed by atoms with Crippen molar-refractivity contribution >= 4 is 17.9 Å². The fourth-order valence-corrected chi connectivity index (χ4v) is 5.99. The smallest absolute Gasteiger partial charge is 0.306 e. The van der Waals surface area contributed by atoms with Crippen LogP contribution in [-0.4, -0.2) is 75.5 Å². The summed E-state index contributed by atoms with van der Waals surface area (Å²) in [4.78, 5) is 36.9. The molecular weight excluding hydrogens is 739 g/mol. The number of carboxylic acid groups (broad SMARTS) is 1. The summed E-state index contributed by atoms with van der Waals surface area (Å²) in [5, 5.41) is 11.6. The molecule has 0 aromatic carbocycles. The van der Waals surface area contributed by atoms with Gasteiger partial charge >= 0.3 is 11.9 Å². The molecule has 8 heteroatoms. The number of aliphatic carboxylic acids is 1. The number of ether oxygens (including phenoxy) is 3. The lowest BCUT2D eigenvalue weighted by molar-refractivity contribution is -0.889. The Balaban J connectivity index is 4.44. The van der Waals surface area contributed by atoms with E-state index in [0.29, 0.717) is 12.8 Å². The Labute approximate surface area is 360 Å². The minimum absolute atomic E-state index is 0.0141. The second kappa shape index (κ2) is 41.0. The number of esters is 2. The zero-order valence-corrected chi connectivity index (χ0v) is 37.9. The van der Waals surface area contributed by atoms with Gasteiger partial charge in [0.1, 0.15) is 12.6 Å². The molecule has 0 saturated carbocycles. The van der Waals surface area contributed by atoms with Gasteiger partial charge in [0.15, 0.2) is 6.10 Å². The van der Waals surface area contributed by atoms with Gasteiger partial charge in [0, 0.05) is 19.3 Å². The van der Waals surface area contributed by atoms with Crippen LogP contribution in [-0.2, 0) is 28.6 Å². The second-order valence-electron chi connectivity index (χ2n) is 15.9. The van der Waals surface area contributed by atoms with E-state index in [1.165, 1.54) is 25.7 Å². The molecule has 2 atom stereocenters. The average Bonchev–Trinajstić information content (AvgIpc) is 3.19. The van der Waals surface area contributed by atoms with Gasteiger partial charge in [-0.1, -0.05) is 143 Å². The molecule has 0 saturated heterocycles. The number of rotatable bonds is 39. The molecule has 0 heterocycles. The summed E-state index contributed by atoms with van der Waals surface area (Å²) in [7, 11) is 5.38. The molecule has 0 fully saturated rings. The summed E-state index contributed by atoms with van der Waals surface area (Å²) in [6.45, 7) is 4.37. The van der Waals surface area contributed by atoms with Crippen LogP contribution in [0.3, 0.4) is 0 Å². The van der Waals surface area contributed by atoms with Crippen molar-refractivity contribution in [2.24, 2.45) is 0 Å². The lowest BCUT2D eigenvalue weighted by Gasteiger charge is -2.34. The van der Waals surface area contributed by atoms with Gasteiger partial charge in [0.2, 0.25) is 0 Å². The van der Waals surface area contributed by atoms with Crippen LogP contribution in [0.2, 0.25) is 0 Å². The normalized spacial score (nSPS) is 13.8. The molecule has 59 heavy (non-hydrogen) atoms. The van der Waals surface area contributed by atoms with E-state index >= 15 is 0 Å². The van der Waals surface area contributed by atoms with Crippen molar-refractivity contribution in [1.82, 2.24) is 0 Å². The lowest BCUT2D eigenvalue weighted by atomic mass is 10.1. The fraction of sp³-hybridized carbons (Fsp3) is 0.627. The molecule has 334 valence electrons. The van der Waals surface area contributed by atoms with Gasteiger partial charge in [-0.3, -0.25) is 9.59 Å². The molecule has 0 radical (unpaired) electrons. The molecule has 8 nitrogen and oxygen atoms in total. The molecule has 0 aliphatic heterocycles. The zero-order chi connectivity index (χ0) is 43.5. The van der Waals surface area contributed by atoms with Crippen LogP contribution in [0.25, 0.3) is 0 Å². The maximum absolute atomic E-state index is 12.7. The summed E-state index contributed by atoms with van der Waals surface area (Å²) in [5.41, 5.74) is 0. The van der Waals surface area contributed by atoms with E-state index in [0.717, 1.165) is 89.9 Å². The first-order chi connectivity index (χ1) is 28.6. The highest BCUT2D eigenvalue weighted by molar-refractivity contribution is 5.70. The predicted octanol–water partition coefficient (Wildman–Crippen LogP) is 11.4. The summed E-state index contributed by atoms with van der Waals surface area (Å²) in [6.07, 6.45) is 54.4. The first-order valence-corrected chi connectivity index (χ1v) is 22.8. The molecule has 0 N–H and O–H groups in total. The van der Waals surface area contributed by atoms with Gasteiger partial charge in [0.05, 0.1) is 40.3 Å². The molecule has 0 aromatic heterocycles. The van der Waals surface area contributed by atoms with E-state index in [9.17, 15) is 19.5 Å². The van der Waals surface area contributed by atoms with E-state index in [1.807, 2.05) is 0 Å². The van der Waals surface area contributed by atoms with Crippen LogP contribution in [0.4, 0.5) is 0 Å². The molecule has 0 spiro atoms. The highest BCUT2D eigenvalue weighted by atomic mass is 16.6. The number of carbonyl (C=O) groups excluding carboxylic acids is 3. The number of carbonyl (C=O) groups is 3. The van der Waals surface area contributed by atoms with Crippen LogP contribution >= 0.6 is 0 Å². The van der Waals surface area contributed by atoms with Crippen LogP contribution in [0.15, 0.2) is 97.2 Å². The predicted molar refractivity (Wildman–Crippen MR) is 245 cm³/mol. The standard InChI is InChI=1S/C51H83NO7/c1-6-8-10-12-14-16-18-20-22-23-24-25-26-27-28-30-32-34-36-38-40-42-50(54)59-47(45-57-44-43-48(51(55)56)52(3,4)5)46-58-49(53)41-39-37-35-33-31-29-21-19-17-15-13-11-9-7-2/h8-11,14-17,20,22,24-25,27-28,32,34,47-48H,6-7,12-13,18-19,21,23,26,29-31,33,35-46H2,1-5H3/b10-8+,11-9+,16-14+,17-15+,22-20+,25-24+,28-27+,34-32+. The van der Waals surface area contributed by atoms with Crippen LogP contribution in [0.5, 0.6) is 0 Å². The van der Waals surface area contributed by atoms with Gasteiger partial charge in [-0.05, 0) is 89.9 Å². The highest BCUT2D eigenvalue weighted by Gasteiger charge is 2.25. The van der Waals surface area contributed by atoms with Crippen molar-refractivity contribution in [3.05, 3.63) is 97.2 Å². The highest BCUT2D eigenvalue weighted by Crippen LogP contribution is 2.12. The van der Waals surface area contributed by atoms with Gasteiger partial charge in [-0.25, -0.2) is 0 Å². The number of nitrogens with zero attached hydrogens (tertiary/aromatic N) is 1. The Hall–Kier alpha value is -3.75. The third-order valence-electron chi connectivity index (χ3n) is 9.47. The monoisotopic (exact) mass is 822 g/mol. The summed E-state index contributed by atoms with van der Waals surface area (Å²) < 4.78 is 17.1. The van der Waals surface area contributed by atoms with Gasteiger partial charge < -0.3 is 28.6 Å². The van der Waals surface area contributed by atoms with Gasteiger partial charge in [-0.2, -0.15) is 0 Å². The SMILES string of the molecule is CC/C=C/C/C=C/C/C=C/C/C=C/C/C=C/C/C=C/CCCCC(=O)OC(COCCC(C(=O)[O-])[N+](C)(C)C)COC(=O)CCCCCCCCC/C=C/C/C=C/CC. The van der Waals surface area contributed by atoms with E-state index in [2.05, 4.69) is 111 Å². The molecule has 0 aliphatic carbocycles. The molecule has 0 bridgehead atoms. The molecule has 2 unspecified atom stereocenters. The quantitative estimate of drug-likeness (QED) is 0.0263. The van der Waals surface area contributed by atoms with Crippen LogP contribution in [0, 0.1) is 0 Å². The zero-order valence-electron chi connectivity index (χ0n) is 37.9. The van der Waals surface area contributed by atoms with Gasteiger partial charge in [-0.15, -0.1) is 0 Å². The number of allylic oxidation sites excluding steroid dienone is 16. The third kappa shape index (κ3) is 39.5. The van der Waals surface area contributed by atoms with Crippen molar-refractivity contribution < 1.29 is 38.2 Å². The Bertz CT molecular complexity index is 1280. The molecule has 0 amide bonds. The van der Waals surface area contributed by atoms with E-state index < -0.39 is 18.1 Å². The number of likely N-dealkylation sites (N-methyl/N-ethyl adjacent to an activating group) is 1. The lowest BCUT2D eigenvalue weighted by Crippen LogP contribution is -2.55. The maximum Gasteiger partial charge on any atom is 0.306 e. The topological polar surface area (TPSA) is 102 Å². The average molecular weight is 822 g/mol. The van der Waals surface area contributed by atoms with Crippen molar-refractivity contribution in [2.45, 2.75) is 167 Å². The maximum atomic E-state index is 12.7. The fourth-order valence-electron chi connectivity index (χ4n) is 5.99. The molecule has 0 rings (SSSR count). The minimum Gasteiger partial charge on any atom is -0.544 e. The van der Waals surface area contributed by atoms with E-state index in [1.54, 1.807) is 21.1 Å². The van der Waals surface area contributed by atoms with E-state index in [4.69, 9.17) is 14.2 Å². The Morgan fingerprint density at radius 2 is 0.898 bits per heavy atom. The van der Waals surface area contributed by atoms with Gasteiger partial charge in [0.25, 0.3) is 0 Å². The molecule has 0 aliphatic rings.